The van der Waals surface area contributed by atoms with Crippen LogP contribution in [0.25, 0.3) is 0 Å². The normalized spacial score (nSPS) is 28.2. The number of hydrogen-bond donors (Lipinski definition) is 9. The molecule has 48 heavy (non-hydrogen) atoms. The van der Waals surface area contributed by atoms with E-state index in [2.05, 4.69) is 34.4 Å². The van der Waals surface area contributed by atoms with Crippen LogP contribution in [0.1, 0.15) is 6.23 Å². The van der Waals surface area contributed by atoms with Crippen molar-refractivity contribution in [3.05, 3.63) is 42.9 Å². The molecule has 2 aromatic rings. The van der Waals surface area contributed by atoms with Crippen molar-refractivity contribution in [2.24, 2.45) is 0 Å². The summed E-state index contributed by atoms with van der Waals surface area (Å²) >= 11 is 10.7. The molecule has 1 fully saturated rings. The third-order valence-electron chi connectivity index (χ3n) is 6.41. The molecule has 0 aromatic carbocycles. The Labute approximate surface area is 293 Å². The van der Waals surface area contributed by atoms with Crippen LogP contribution in [0, 0.1) is 0 Å². The molecule has 0 amide bonds. The number of nitrogens with zero attached hydrogens (tertiary/aromatic N) is 3. The van der Waals surface area contributed by atoms with Crippen molar-refractivity contribution in [2.45, 2.75) is 42.9 Å². The van der Waals surface area contributed by atoms with Crippen LogP contribution in [0.4, 0.5) is 23.3 Å². The fourth-order valence-corrected chi connectivity index (χ4v) is 7.03. The quantitative estimate of drug-likeness (QED) is 0.0647. The summed E-state index contributed by atoms with van der Waals surface area (Å²) in [5.74, 6) is -0.236. The van der Waals surface area contributed by atoms with E-state index in [4.69, 9.17) is 50.7 Å². The van der Waals surface area contributed by atoms with Crippen molar-refractivity contribution in [3.63, 3.8) is 0 Å². The zero-order chi connectivity index (χ0) is 32.1. The van der Waals surface area contributed by atoms with E-state index in [9.17, 15) is 38.7 Å². The molecule has 0 spiro atoms. The summed E-state index contributed by atoms with van der Waals surface area (Å²) in [5, 5.41) is 26.2. The molecule has 0 saturated carbocycles. The molecule has 1 saturated heterocycles. The molecule has 0 bridgehead atoms. The molecular formula is C19H30MoN8O16P2S2. The maximum atomic E-state index is 12.5. The average molecular weight is 849 g/mol. The summed E-state index contributed by atoms with van der Waals surface area (Å²) < 4.78 is 50.7. The molecule has 3 aliphatic rings. The van der Waals surface area contributed by atoms with Crippen LogP contribution >= 0.6 is 15.6 Å². The second-order valence-electron chi connectivity index (χ2n) is 9.41. The number of nitrogens with one attached hydrogen (secondary N) is 3. The Morgan fingerprint density at radius 3 is 2.21 bits per heavy atom. The number of hydrogen-bond acceptors (Lipinski definition) is 19. The number of nitrogen functional groups attached to an aromatic ring is 2. The van der Waals surface area contributed by atoms with E-state index in [1.807, 2.05) is 0 Å². The standard InChI is InChI=1S/C19H26N8O13P2S2.Mo.3H2O/c20-7-1-2-27(19(31)22-7)17-11(29)10(28)5(39-17)3-36-41(32,33)40-42(34,35)37-4-6-12(43)13(44)8-16(38-6)24-14-9(23-8)15(30)26-18(21)25-14;;;;/h1-2,5-6,8,10-11,16-17,23,28-29,43-44H,3-4H2,(H,32,33)(H,34,35)(H2,20,22,31)(H4,21,24,25,26,30);;3*1H2/q;+2;;;/p-2/t5-,6-,8+,10-,11-,16-,17-;;;;/m1..../s1. The molecule has 24 nitrogen and oxygen atoms in total. The van der Waals surface area contributed by atoms with E-state index >= 15 is 0 Å². The SMILES string of the molecule is Nc1ccn([C@@H]2O[C@H](COP(=O)(O)OP(=O)(O)OC[C@H]3O[C@H]4Nc5nc(N)[nH]c(=O)c5N[C@H]4C([S-])=C3[S-])[C@@H](O)[C@H]2O)c(=O)n1.O.O.O.[Mo+2]. The number of phosphoric acid groups is 2. The first-order chi connectivity index (χ1) is 20.5. The summed E-state index contributed by atoms with van der Waals surface area (Å²) in [4.78, 5) is 54.2. The van der Waals surface area contributed by atoms with E-state index in [1.54, 1.807) is 0 Å². The Balaban J connectivity index is 0.00000288. The van der Waals surface area contributed by atoms with E-state index in [1.165, 1.54) is 6.07 Å². The molecular weight excluding hydrogens is 818 g/mol. The number of nitrogens with two attached hydrogens (primary N) is 2. The number of aliphatic hydroxyl groups excluding tert-OH is 2. The minimum absolute atomic E-state index is 0. The molecule has 5 rings (SSSR count). The number of phosphoric ester groups is 2. The minimum Gasteiger partial charge on any atom is -0.783 e. The van der Waals surface area contributed by atoms with Crippen molar-refractivity contribution in [2.75, 3.05) is 35.3 Å². The van der Waals surface area contributed by atoms with Gasteiger partial charge in [-0.25, -0.2) is 13.9 Å². The number of aromatic amines is 1. The Morgan fingerprint density at radius 2 is 1.58 bits per heavy atom. The maximum Gasteiger partial charge on any atom is 2.00 e. The van der Waals surface area contributed by atoms with Crippen molar-refractivity contribution in [3.8, 4) is 0 Å². The van der Waals surface area contributed by atoms with Crippen LogP contribution in [0.5, 0.6) is 0 Å². The summed E-state index contributed by atoms with van der Waals surface area (Å²) in [6.45, 7) is -1.72. The first-order valence-corrected chi connectivity index (χ1v) is 16.0. The first-order valence-electron chi connectivity index (χ1n) is 12.2. The number of ether oxygens (including phenoxy) is 2. The van der Waals surface area contributed by atoms with Crippen molar-refractivity contribution in [1.82, 2.24) is 19.5 Å². The minimum atomic E-state index is -5.37. The number of rotatable bonds is 9. The Morgan fingerprint density at radius 1 is 0.958 bits per heavy atom. The Hall–Kier alpha value is -2.19. The zero-order valence-electron chi connectivity index (χ0n) is 23.7. The van der Waals surface area contributed by atoms with E-state index in [0.717, 1.165) is 10.8 Å². The van der Waals surface area contributed by atoms with Crippen LogP contribution in [0.15, 0.2) is 31.7 Å². The number of H-pyrrole nitrogens is 1. The van der Waals surface area contributed by atoms with Crippen molar-refractivity contribution >= 4 is 64.2 Å². The Bertz CT molecular complexity index is 1710. The van der Waals surface area contributed by atoms with Gasteiger partial charge in [-0.1, -0.05) is 0 Å². The molecule has 0 aliphatic carbocycles. The fourth-order valence-electron chi connectivity index (χ4n) is 4.38. The molecule has 0 radical (unpaired) electrons. The van der Waals surface area contributed by atoms with Gasteiger partial charge in [-0.2, -0.15) is 24.1 Å². The third kappa shape index (κ3) is 9.32. The first kappa shape index (κ1) is 43.8. The van der Waals surface area contributed by atoms with E-state index in [0.29, 0.717) is 0 Å². The second kappa shape index (κ2) is 16.7. The van der Waals surface area contributed by atoms with Gasteiger partial charge in [0, 0.05) is 6.20 Å². The second-order valence-corrected chi connectivity index (χ2v) is 13.3. The van der Waals surface area contributed by atoms with Crippen LogP contribution in [0.3, 0.4) is 0 Å². The number of aliphatic hydroxyl groups is 2. The molecule has 29 heteroatoms. The topological polar surface area (TPSA) is 412 Å². The zero-order valence-corrected chi connectivity index (χ0v) is 29.1. The van der Waals surface area contributed by atoms with E-state index < -0.39 is 83.0 Å². The van der Waals surface area contributed by atoms with Crippen LogP contribution < -0.4 is 33.3 Å². The van der Waals surface area contributed by atoms with Crippen LogP contribution in [0.2, 0.25) is 0 Å². The van der Waals surface area contributed by atoms with Crippen molar-refractivity contribution in [1.29, 1.82) is 0 Å². The van der Waals surface area contributed by atoms with Gasteiger partial charge in [0.2, 0.25) is 5.95 Å². The van der Waals surface area contributed by atoms with Crippen molar-refractivity contribution < 1.29 is 89.5 Å². The molecule has 270 valence electrons. The monoisotopic (exact) mass is 850 g/mol. The average Bonchev–Trinajstić information content (AvgIpc) is 3.20. The summed E-state index contributed by atoms with van der Waals surface area (Å²) in [6, 6.07) is 0.424. The molecule has 5 heterocycles. The van der Waals surface area contributed by atoms with Gasteiger partial charge in [0.1, 0.15) is 29.8 Å². The van der Waals surface area contributed by atoms with Gasteiger partial charge in [0.25, 0.3) is 5.56 Å². The maximum absolute atomic E-state index is 12.5. The molecule has 2 unspecified atom stereocenters. The van der Waals surface area contributed by atoms with Gasteiger partial charge in [-0.05, 0) is 6.07 Å². The van der Waals surface area contributed by atoms with E-state index in [-0.39, 0.29) is 70.6 Å². The Kier molecular flexibility index (Phi) is 15.2. The third-order valence-corrected chi connectivity index (χ3v) is 10.1. The van der Waals surface area contributed by atoms with Crippen LogP contribution in [-0.2, 0) is 78.3 Å². The number of anilines is 4. The molecule has 3 aliphatic heterocycles. The van der Waals surface area contributed by atoms with Gasteiger partial charge in [-0.15, -0.1) is 0 Å². The fraction of sp³-hybridized carbons (Fsp3) is 0.474. The predicted octanol–water partition coefficient (Wildman–Crippen LogP) is -5.18. The van der Waals surface area contributed by atoms with Gasteiger partial charge < -0.3 is 93.3 Å². The summed E-state index contributed by atoms with van der Waals surface area (Å²) in [6.07, 6.45) is -7.44. The molecule has 17 N–H and O–H groups in total. The largest absolute Gasteiger partial charge is 2.00 e. The molecule has 9 atom stereocenters. The smallest absolute Gasteiger partial charge is 0.783 e. The number of fused-ring (bicyclic) bond motifs is 2. The van der Waals surface area contributed by atoms with Gasteiger partial charge >= 0.3 is 42.4 Å². The van der Waals surface area contributed by atoms with Gasteiger partial charge in [0.15, 0.2) is 18.3 Å². The number of aromatic nitrogens is 4. The van der Waals surface area contributed by atoms with Gasteiger partial charge in [-0.3, -0.25) is 23.4 Å². The van der Waals surface area contributed by atoms with Gasteiger partial charge in [0.05, 0.1) is 25.4 Å². The predicted molar refractivity (Wildman–Crippen MR) is 163 cm³/mol. The van der Waals surface area contributed by atoms with Crippen LogP contribution in [-0.4, -0.2) is 106 Å². The summed E-state index contributed by atoms with van der Waals surface area (Å²) in [5.41, 5.74) is 9.54. The summed E-state index contributed by atoms with van der Waals surface area (Å²) in [7, 11) is -10.7. The molecule has 2 aromatic heterocycles.